The Kier molecular flexibility index (Phi) is 14.6. The predicted molar refractivity (Wildman–Crippen MR) is 113 cm³/mol. The van der Waals surface area contributed by atoms with Crippen LogP contribution in [-0.2, 0) is 0 Å². The van der Waals surface area contributed by atoms with E-state index in [1.807, 2.05) is 10.8 Å². The fourth-order valence-corrected chi connectivity index (χ4v) is 4.04. The zero-order chi connectivity index (χ0) is 17.3. The first kappa shape index (κ1) is 21.7. The van der Waals surface area contributed by atoms with Crippen molar-refractivity contribution in [1.82, 2.24) is 9.55 Å². The zero-order valence-corrected chi connectivity index (χ0v) is 17.2. The first-order valence-corrected chi connectivity index (χ1v) is 11.4. The van der Waals surface area contributed by atoms with Gasteiger partial charge in [0.1, 0.15) is 10.6 Å². The van der Waals surface area contributed by atoms with E-state index in [9.17, 15) is 0 Å². The van der Waals surface area contributed by atoms with Crippen LogP contribution >= 0.6 is 24.0 Å². The van der Waals surface area contributed by atoms with Gasteiger partial charge in [0, 0.05) is 18.1 Å². The van der Waals surface area contributed by atoms with Crippen molar-refractivity contribution < 1.29 is 0 Å². The Balaban J connectivity index is 1.74. The Hall–Kier alpha value is -0.350. The van der Waals surface area contributed by atoms with Crippen LogP contribution in [-0.4, -0.2) is 19.6 Å². The second kappa shape index (κ2) is 16.1. The van der Waals surface area contributed by atoms with Crippen molar-refractivity contribution in [2.75, 3.05) is 5.75 Å². The summed E-state index contributed by atoms with van der Waals surface area (Å²) < 4.78 is 2.84. The molecular formula is C20H36N2S2. The van der Waals surface area contributed by atoms with Crippen LogP contribution in [0, 0.1) is 0 Å². The molecular weight excluding hydrogens is 332 g/mol. The first-order chi connectivity index (χ1) is 11.8. The summed E-state index contributed by atoms with van der Waals surface area (Å²) >= 11 is 7.13. The van der Waals surface area contributed by atoms with Crippen LogP contribution in [0.3, 0.4) is 0 Å². The van der Waals surface area contributed by atoms with Crippen LogP contribution in [0.4, 0.5) is 0 Å². The van der Waals surface area contributed by atoms with Crippen molar-refractivity contribution >= 4 is 28.3 Å². The average molecular weight is 369 g/mol. The van der Waals surface area contributed by atoms with Gasteiger partial charge >= 0.3 is 0 Å². The molecule has 24 heavy (non-hydrogen) atoms. The normalized spacial score (nSPS) is 11.0. The molecule has 4 heteroatoms. The van der Waals surface area contributed by atoms with Gasteiger partial charge in [-0.25, -0.2) is 4.98 Å². The summed E-state index contributed by atoms with van der Waals surface area (Å²) in [7, 11) is 0. The molecule has 0 amide bonds. The van der Waals surface area contributed by atoms with Crippen molar-refractivity contribution in [2.45, 2.75) is 96.8 Å². The molecule has 0 N–H and O–H groups in total. The molecule has 1 heterocycles. The van der Waals surface area contributed by atoms with Crippen molar-refractivity contribution in [2.24, 2.45) is 0 Å². The molecule has 0 saturated heterocycles. The molecule has 138 valence electrons. The number of thiocarbonyl (C=S) groups is 1. The molecule has 1 rings (SSSR count). The van der Waals surface area contributed by atoms with Gasteiger partial charge in [-0.1, -0.05) is 114 Å². The minimum absolute atomic E-state index is 0.919. The lowest BCUT2D eigenvalue weighted by Gasteiger charge is -2.04. The maximum Gasteiger partial charge on any atom is 0.145 e. The van der Waals surface area contributed by atoms with E-state index in [0.717, 1.165) is 10.1 Å². The average Bonchev–Trinajstić information content (AvgIpc) is 3.13. The molecule has 0 unspecified atom stereocenters. The highest BCUT2D eigenvalue weighted by Gasteiger charge is 1.99. The standard InChI is InChI=1S/C20H36N2S2/c1-2-3-4-5-6-7-8-9-10-11-12-13-14-15-18-24-20(23)22-17-16-21-19-22/h16-17,19H,2-15,18H2,1H3. The maximum absolute atomic E-state index is 5.36. The monoisotopic (exact) mass is 368 g/mol. The molecule has 0 aliphatic rings. The summed E-state index contributed by atoms with van der Waals surface area (Å²) in [5.41, 5.74) is 0. The van der Waals surface area contributed by atoms with Crippen molar-refractivity contribution in [1.29, 1.82) is 0 Å². The highest BCUT2D eigenvalue weighted by molar-refractivity contribution is 8.23. The second-order valence-electron chi connectivity index (χ2n) is 6.68. The number of hydrogen-bond donors (Lipinski definition) is 0. The summed E-state index contributed by atoms with van der Waals surface area (Å²) in [4.78, 5) is 4.03. The van der Waals surface area contributed by atoms with Gasteiger partial charge in [-0.15, -0.1) is 0 Å². The molecule has 1 aromatic rings. The number of nitrogens with zero attached hydrogens (tertiary/aromatic N) is 2. The molecule has 0 saturated carbocycles. The van der Waals surface area contributed by atoms with Gasteiger partial charge in [0.15, 0.2) is 0 Å². The molecule has 0 radical (unpaired) electrons. The molecule has 2 nitrogen and oxygen atoms in total. The summed E-state index contributed by atoms with van der Waals surface area (Å²) in [6.07, 6.45) is 25.2. The Morgan fingerprint density at radius 2 is 1.33 bits per heavy atom. The number of unbranched alkanes of at least 4 members (excludes halogenated alkanes) is 13. The van der Waals surface area contributed by atoms with Crippen molar-refractivity contribution in [3.63, 3.8) is 0 Å². The fraction of sp³-hybridized carbons (Fsp3) is 0.800. The highest BCUT2D eigenvalue weighted by atomic mass is 32.2. The molecule has 0 aromatic carbocycles. The third-order valence-corrected chi connectivity index (χ3v) is 5.95. The zero-order valence-electron chi connectivity index (χ0n) is 15.5. The molecule has 1 aromatic heterocycles. The Morgan fingerprint density at radius 3 is 1.79 bits per heavy atom. The number of rotatable bonds is 15. The molecule has 0 spiro atoms. The van der Waals surface area contributed by atoms with E-state index in [-0.39, 0.29) is 0 Å². The lowest BCUT2D eigenvalue weighted by atomic mass is 10.0. The maximum atomic E-state index is 5.36. The number of imidazole rings is 1. The van der Waals surface area contributed by atoms with Crippen molar-refractivity contribution in [3.05, 3.63) is 18.7 Å². The van der Waals surface area contributed by atoms with Gasteiger partial charge < -0.3 is 0 Å². The van der Waals surface area contributed by atoms with Crippen LogP contribution in [0.15, 0.2) is 18.7 Å². The summed E-state index contributed by atoms with van der Waals surface area (Å²) in [6.45, 7) is 2.29. The fourth-order valence-electron chi connectivity index (χ4n) is 2.90. The molecule has 0 aliphatic heterocycles. The number of thioether (sulfide) groups is 1. The van der Waals surface area contributed by atoms with Crippen LogP contribution in [0.1, 0.15) is 96.8 Å². The van der Waals surface area contributed by atoms with Gasteiger partial charge in [0.05, 0.1) is 0 Å². The topological polar surface area (TPSA) is 17.8 Å². The predicted octanol–water partition coefficient (Wildman–Crippen LogP) is 7.23. The second-order valence-corrected chi connectivity index (χ2v) is 8.41. The molecule has 0 atom stereocenters. The van der Waals surface area contributed by atoms with Crippen molar-refractivity contribution in [3.8, 4) is 0 Å². The van der Waals surface area contributed by atoms with Gasteiger partial charge in [-0.3, -0.25) is 4.57 Å². The minimum atomic E-state index is 0.919. The Bertz CT molecular complexity index is 390. The van der Waals surface area contributed by atoms with E-state index in [0.29, 0.717) is 0 Å². The van der Waals surface area contributed by atoms with Gasteiger partial charge in [0.2, 0.25) is 0 Å². The summed E-state index contributed by atoms with van der Waals surface area (Å²) in [6, 6.07) is 0. The minimum Gasteiger partial charge on any atom is -0.291 e. The third kappa shape index (κ3) is 12.1. The number of hydrogen-bond acceptors (Lipinski definition) is 3. The van der Waals surface area contributed by atoms with E-state index >= 15 is 0 Å². The van der Waals surface area contributed by atoms with Crippen LogP contribution in [0.2, 0.25) is 0 Å². The van der Waals surface area contributed by atoms with Gasteiger partial charge in [-0.05, 0) is 6.42 Å². The van der Waals surface area contributed by atoms with Crippen LogP contribution < -0.4 is 0 Å². The third-order valence-electron chi connectivity index (χ3n) is 4.44. The van der Waals surface area contributed by atoms with E-state index in [1.165, 1.54) is 89.9 Å². The quantitative estimate of drug-likeness (QED) is 0.240. The smallest absolute Gasteiger partial charge is 0.145 e. The first-order valence-electron chi connectivity index (χ1n) is 9.99. The summed E-state index contributed by atoms with van der Waals surface area (Å²) in [5, 5.41) is 0. The largest absolute Gasteiger partial charge is 0.291 e. The Morgan fingerprint density at radius 1 is 0.833 bits per heavy atom. The molecule has 0 bridgehead atoms. The van der Waals surface area contributed by atoms with Gasteiger partial charge in [-0.2, -0.15) is 0 Å². The molecule has 0 aliphatic carbocycles. The number of aromatic nitrogens is 2. The highest BCUT2D eigenvalue weighted by Crippen LogP contribution is 2.15. The van der Waals surface area contributed by atoms with E-state index in [4.69, 9.17) is 12.2 Å². The van der Waals surface area contributed by atoms with Crippen LogP contribution in [0.5, 0.6) is 0 Å². The lowest BCUT2D eigenvalue weighted by Crippen LogP contribution is -2.02. The van der Waals surface area contributed by atoms with E-state index in [1.54, 1.807) is 24.3 Å². The van der Waals surface area contributed by atoms with Crippen LogP contribution in [0.25, 0.3) is 0 Å². The lowest BCUT2D eigenvalue weighted by molar-refractivity contribution is 0.538. The summed E-state index contributed by atoms with van der Waals surface area (Å²) in [5.74, 6) is 1.13. The SMILES string of the molecule is CCCCCCCCCCCCCCCCSC(=S)n1ccnc1. The molecule has 0 fully saturated rings. The van der Waals surface area contributed by atoms with Gasteiger partial charge in [0.25, 0.3) is 0 Å². The van der Waals surface area contributed by atoms with E-state index in [2.05, 4.69) is 11.9 Å². The van der Waals surface area contributed by atoms with E-state index < -0.39 is 0 Å². The Labute approximate surface area is 159 Å².